The maximum atomic E-state index is 11.3. The zero-order chi connectivity index (χ0) is 14.4. The molecular weight excluding hydrogens is 260 g/mol. The predicted molar refractivity (Wildman–Crippen MR) is 74.4 cm³/mol. The number of pyridine rings is 1. The molecule has 0 bridgehead atoms. The summed E-state index contributed by atoms with van der Waals surface area (Å²) < 4.78 is 10.2. The third-order valence-electron chi connectivity index (χ3n) is 3.25. The van der Waals surface area contributed by atoms with Crippen molar-refractivity contribution in [3.63, 3.8) is 0 Å². The molecule has 1 aromatic rings. The first kappa shape index (κ1) is 14.7. The van der Waals surface area contributed by atoms with E-state index in [1.807, 2.05) is 0 Å². The molecule has 0 aliphatic heterocycles. The van der Waals surface area contributed by atoms with Crippen LogP contribution in [-0.2, 0) is 22.3 Å². The molecule has 0 atom stereocenters. The summed E-state index contributed by atoms with van der Waals surface area (Å²) in [6.07, 6.45) is 2.89. The van der Waals surface area contributed by atoms with Gasteiger partial charge in [0.15, 0.2) is 0 Å². The van der Waals surface area contributed by atoms with E-state index < -0.39 is 5.97 Å². The summed E-state index contributed by atoms with van der Waals surface area (Å²) in [5, 5.41) is 12.3. The third-order valence-corrected chi connectivity index (χ3v) is 3.25. The van der Waals surface area contributed by atoms with E-state index in [0.29, 0.717) is 32.2 Å². The molecule has 20 heavy (non-hydrogen) atoms. The Kier molecular flexibility index (Phi) is 5.31. The van der Waals surface area contributed by atoms with Gasteiger partial charge in [-0.2, -0.15) is 0 Å². The number of hydrogen-bond donors (Lipinski definition) is 2. The number of fused-ring (bicyclic) bond motifs is 1. The number of aryl methyl sites for hydroxylation is 2. The number of nitrogens with zero attached hydrogens (tertiary/aromatic N) is 1. The lowest BCUT2D eigenvalue weighted by Crippen LogP contribution is -2.16. The monoisotopic (exact) mass is 280 g/mol. The number of rotatable bonds is 8. The number of carbonyl (C=O) groups is 1. The number of ether oxygens (including phenoxy) is 2. The highest BCUT2D eigenvalue weighted by Gasteiger charge is 2.19. The number of methoxy groups -OCH3 is 1. The fourth-order valence-electron chi connectivity index (χ4n) is 2.26. The molecule has 6 heteroatoms. The molecule has 0 fully saturated rings. The van der Waals surface area contributed by atoms with Crippen molar-refractivity contribution in [1.82, 2.24) is 4.98 Å². The Balaban J connectivity index is 1.94. The molecule has 0 spiro atoms. The highest BCUT2D eigenvalue weighted by atomic mass is 16.5. The fourth-order valence-corrected chi connectivity index (χ4v) is 2.26. The molecule has 1 aliphatic carbocycles. The molecule has 6 nitrogen and oxygen atoms in total. The van der Waals surface area contributed by atoms with Gasteiger partial charge < -0.3 is 19.9 Å². The van der Waals surface area contributed by atoms with Gasteiger partial charge in [-0.25, -0.2) is 9.78 Å². The van der Waals surface area contributed by atoms with Crippen LogP contribution >= 0.6 is 0 Å². The van der Waals surface area contributed by atoms with Gasteiger partial charge in [0.25, 0.3) is 0 Å². The number of carboxylic acids is 1. The average molecular weight is 280 g/mol. The van der Waals surface area contributed by atoms with Gasteiger partial charge >= 0.3 is 5.97 Å². The van der Waals surface area contributed by atoms with E-state index in [0.717, 1.165) is 30.5 Å². The van der Waals surface area contributed by atoms with Crippen LogP contribution in [0.2, 0.25) is 0 Å². The molecule has 0 aromatic carbocycles. The van der Waals surface area contributed by atoms with Crippen molar-refractivity contribution in [3.05, 3.63) is 22.9 Å². The van der Waals surface area contributed by atoms with Crippen molar-refractivity contribution >= 4 is 11.8 Å². The van der Waals surface area contributed by atoms with E-state index in [2.05, 4.69) is 10.3 Å². The largest absolute Gasteiger partial charge is 0.478 e. The van der Waals surface area contributed by atoms with Crippen molar-refractivity contribution in [2.45, 2.75) is 19.3 Å². The lowest BCUT2D eigenvalue weighted by molar-refractivity contribution is 0.0696. The van der Waals surface area contributed by atoms with Crippen LogP contribution in [0.5, 0.6) is 0 Å². The summed E-state index contributed by atoms with van der Waals surface area (Å²) in [6, 6.07) is 1.74. The van der Waals surface area contributed by atoms with Gasteiger partial charge in [-0.3, -0.25) is 0 Å². The molecule has 2 rings (SSSR count). The van der Waals surface area contributed by atoms with E-state index >= 15 is 0 Å². The topological polar surface area (TPSA) is 80.7 Å². The Hall–Kier alpha value is -1.66. The molecular formula is C14H20N2O4. The summed E-state index contributed by atoms with van der Waals surface area (Å²) in [6.45, 7) is 2.09. The maximum Gasteiger partial charge on any atom is 0.339 e. The number of anilines is 1. The predicted octanol–water partition coefficient (Wildman–Crippen LogP) is 1.34. The van der Waals surface area contributed by atoms with Gasteiger partial charge in [0.1, 0.15) is 11.4 Å². The molecule has 0 amide bonds. The van der Waals surface area contributed by atoms with E-state index in [9.17, 15) is 9.90 Å². The number of hydrogen-bond acceptors (Lipinski definition) is 5. The van der Waals surface area contributed by atoms with Crippen molar-refractivity contribution in [1.29, 1.82) is 0 Å². The minimum Gasteiger partial charge on any atom is -0.478 e. The highest BCUT2D eigenvalue weighted by Crippen LogP contribution is 2.25. The second kappa shape index (κ2) is 7.21. The quantitative estimate of drug-likeness (QED) is 0.700. The molecule has 110 valence electrons. The number of aromatic carboxylic acids is 1. The van der Waals surface area contributed by atoms with Crippen molar-refractivity contribution in [2.24, 2.45) is 0 Å². The zero-order valence-electron chi connectivity index (χ0n) is 11.6. The van der Waals surface area contributed by atoms with Crippen LogP contribution in [0.4, 0.5) is 5.82 Å². The van der Waals surface area contributed by atoms with E-state index in [4.69, 9.17) is 9.47 Å². The summed E-state index contributed by atoms with van der Waals surface area (Å²) in [5.74, 6) is -0.511. The highest BCUT2D eigenvalue weighted by molar-refractivity contribution is 5.93. The standard InChI is InChI=1S/C14H20N2O4/c1-19-7-8-20-6-5-15-13-11(14(17)18)9-10-3-2-4-12(10)16-13/h9H,2-8H2,1H3,(H,15,16)(H,17,18). The molecule has 0 unspecified atom stereocenters. The van der Waals surface area contributed by atoms with Crippen LogP contribution in [0.3, 0.4) is 0 Å². The van der Waals surface area contributed by atoms with Crippen LogP contribution < -0.4 is 5.32 Å². The van der Waals surface area contributed by atoms with Gasteiger partial charge in [0.05, 0.1) is 19.8 Å². The Morgan fingerprint density at radius 3 is 3.00 bits per heavy atom. The minimum absolute atomic E-state index is 0.238. The van der Waals surface area contributed by atoms with Gasteiger partial charge in [-0.05, 0) is 30.9 Å². The lowest BCUT2D eigenvalue weighted by atomic mass is 10.1. The van der Waals surface area contributed by atoms with E-state index in [1.165, 1.54) is 0 Å². The number of aromatic nitrogens is 1. The van der Waals surface area contributed by atoms with Gasteiger partial charge in [0, 0.05) is 19.3 Å². The van der Waals surface area contributed by atoms with Crippen molar-refractivity contribution in [3.8, 4) is 0 Å². The molecule has 1 aliphatic rings. The number of carboxylic acid groups (broad SMARTS) is 1. The Morgan fingerprint density at radius 2 is 2.25 bits per heavy atom. The summed E-state index contributed by atoms with van der Waals surface area (Å²) >= 11 is 0. The van der Waals surface area contributed by atoms with Crippen LogP contribution in [0.25, 0.3) is 0 Å². The van der Waals surface area contributed by atoms with Crippen LogP contribution in [0, 0.1) is 0 Å². The fraction of sp³-hybridized carbons (Fsp3) is 0.571. The minimum atomic E-state index is -0.949. The average Bonchev–Trinajstić information content (AvgIpc) is 2.88. The molecule has 0 radical (unpaired) electrons. The maximum absolute atomic E-state index is 11.3. The zero-order valence-corrected chi connectivity index (χ0v) is 11.6. The van der Waals surface area contributed by atoms with E-state index in [-0.39, 0.29) is 5.56 Å². The Morgan fingerprint density at radius 1 is 1.40 bits per heavy atom. The van der Waals surface area contributed by atoms with Crippen molar-refractivity contribution < 1.29 is 19.4 Å². The second-order valence-electron chi connectivity index (χ2n) is 4.68. The second-order valence-corrected chi connectivity index (χ2v) is 4.68. The first-order valence-electron chi connectivity index (χ1n) is 6.79. The summed E-state index contributed by atoms with van der Waals surface area (Å²) in [4.78, 5) is 15.7. The molecule has 1 heterocycles. The molecule has 0 saturated carbocycles. The first-order chi connectivity index (χ1) is 9.72. The first-order valence-corrected chi connectivity index (χ1v) is 6.79. The van der Waals surface area contributed by atoms with Crippen LogP contribution in [-0.4, -0.2) is 49.5 Å². The van der Waals surface area contributed by atoms with Crippen molar-refractivity contribution in [2.75, 3.05) is 38.8 Å². The lowest BCUT2D eigenvalue weighted by Gasteiger charge is -2.11. The smallest absolute Gasteiger partial charge is 0.339 e. The van der Waals surface area contributed by atoms with E-state index in [1.54, 1.807) is 13.2 Å². The molecule has 2 N–H and O–H groups in total. The number of nitrogens with one attached hydrogen (secondary N) is 1. The normalized spacial score (nSPS) is 13.2. The van der Waals surface area contributed by atoms with Gasteiger partial charge in [-0.15, -0.1) is 0 Å². The summed E-state index contributed by atoms with van der Waals surface area (Å²) in [7, 11) is 1.62. The van der Waals surface area contributed by atoms with Gasteiger partial charge in [0.2, 0.25) is 0 Å². The Bertz CT molecular complexity index is 476. The summed E-state index contributed by atoms with van der Waals surface area (Å²) in [5.41, 5.74) is 2.31. The van der Waals surface area contributed by atoms with Crippen LogP contribution in [0.15, 0.2) is 6.07 Å². The molecule has 0 saturated heterocycles. The Labute approximate surface area is 118 Å². The van der Waals surface area contributed by atoms with Gasteiger partial charge in [-0.1, -0.05) is 0 Å². The molecule has 1 aromatic heterocycles. The SMILES string of the molecule is COCCOCCNc1nc2c(cc1C(=O)O)CCC2. The third kappa shape index (κ3) is 3.68. The van der Waals surface area contributed by atoms with Crippen LogP contribution in [0.1, 0.15) is 28.0 Å².